The van der Waals surface area contributed by atoms with Crippen molar-refractivity contribution in [2.75, 3.05) is 27.9 Å². The fourth-order valence-corrected chi connectivity index (χ4v) is 4.84. The second kappa shape index (κ2) is 12.6. The smallest absolute Gasteiger partial charge is 0.494 e. The molecule has 0 N–H and O–H groups in total. The normalized spacial score (nSPS) is 12.1. The Balaban J connectivity index is 1.90. The molecule has 0 amide bonds. The average molecular weight is 487 g/mol. The van der Waals surface area contributed by atoms with E-state index in [-0.39, 0.29) is 5.78 Å². The Hall–Kier alpha value is -2.78. The lowest BCUT2D eigenvalue weighted by molar-refractivity contribution is -0.148. The van der Waals surface area contributed by atoms with Gasteiger partial charge in [-0.05, 0) is 63.1 Å². The standard InChI is InChI=1S/C26H34O7Si/c1-26(2,3)33-24(27)17-10-20-8-11-21(12-9-20)25(28)22-13-15-23(16-14-22)32-18-7-19-34(29-4,30-5)31-6/h8-17H,7,18-19H2,1-6H3. The molecular formula is C26H34O7Si. The van der Waals surface area contributed by atoms with Crippen LogP contribution in [-0.4, -0.2) is 54.1 Å². The molecule has 0 aliphatic rings. The van der Waals surface area contributed by atoms with Crippen molar-refractivity contribution in [2.45, 2.75) is 38.8 Å². The molecule has 2 aromatic rings. The van der Waals surface area contributed by atoms with Gasteiger partial charge in [-0.15, -0.1) is 0 Å². The summed E-state index contributed by atoms with van der Waals surface area (Å²) in [4.78, 5) is 24.6. The van der Waals surface area contributed by atoms with E-state index in [0.717, 1.165) is 12.0 Å². The Morgan fingerprint density at radius 1 is 0.853 bits per heavy atom. The molecule has 0 fully saturated rings. The van der Waals surface area contributed by atoms with Crippen molar-refractivity contribution < 1.29 is 32.3 Å². The van der Waals surface area contributed by atoms with Crippen molar-refractivity contribution in [3.63, 3.8) is 0 Å². The maximum absolute atomic E-state index is 12.8. The molecule has 0 saturated carbocycles. The number of carbonyl (C=O) groups excluding carboxylic acids is 2. The van der Waals surface area contributed by atoms with E-state index in [9.17, 15) is 9.59 Å². The van der Waals surface area contributed by atoms with Crippen molar-refractivity contribution in [3.8, 4) is 5.75 Å². The minimum Gasteiger partial charge on any atom is -0.494 e. The molecule has 0 aliphatic heterocycles. The molecule has 2 rings (SSSR count). The van der Waals surface area contributed by atoms with Gasteiger partial charge in [0, 0.05) is 44.6 Å². The van der Waals surface area contributed by atoms with Crippen molar-refractivity contribution >= 4 is 26.6 Å². The number of hydrogen-bond acceptors (Lipinski definition) is 7. The Bertz CT molecular complexity index is 948. The van der Waals surface area contributed by atoms with E-state index in [1.807, 2.05) is 20.8 Å². The summed E-state index contributed by atoms with van der Waals surface area (Å²) in [6.07, 6.45) is 3.76. The molecule has 0 aromatic heterocycles. The molecule has 0 saturated heterocycles. The molecule has 0 heterocycles. The predicted molar refractivity (Wildman–Crippen MR) is 133 cm³/mol. The molecule has 0 atom stereocenters. The third-order valence-corrected chi connectivity index (χ3v) is 7.77. The number of carbonyl (C=O) groups is 2. The summed E-state index contributed by atoms with van der Waals surface area (Å²) < 4.78 is 27.2. The maximum Gasteiger partial charge on any atom is 0.500 e. The Labute approximate surface area is 203 Å². The highest BCUT2D eigenvalue weighted by atomic mass is 28.4. The van der Waals surface area contributed by atoms with Gasteiger partial charge >= 0.3 is 14.8 Å². The number of esters is 1. The predicted octanol–water partition coefficient (Wildman–Crippen LogP) is 4.92. The SMILES string of the molecule is CO[Si](CCCOc1ccc(C(=O)c2ccc(C=CC(=O)OC(C)(C)C)cc2)cc1)(OC)OC. The van der Waals surface area contributed by atoms with Crippen LogP contribution < -0.4 is 4.74 Å². The van der Waals surface area contributed by atoms with E-state index < -0.39 is 20.4 Å². The van der Waals surface area contributed by atoms with E-state index in [2.05, 4.69) is 0 Å². The van der Waals surface area contributed by atoms with E-state index in [4.69, 9.17) is 22.8 Å². The van der Waals surface area contributed by atoms with Gasteiger partial charge in [0.1, 0.15) is 11.4 Å². The average Bonchev–Trinajstić information content (AvgIpc) is 2.82. The highest BCUT2D eigenvalue weighted by molar-refractivity contribution is 6.60. The van der Waals surface area contributed by atoms with Crippen LogP contribution in [0.1, 0.15) is 48.7 Å². The molecule has 2 aromatic carbocycles. The van der Waals surface area contributed by atoms with Gasteiger partial charge in [0.15, 0.2) is 5.78 Å². The number of hydrogen-bond donors (Lipinski definition) is 0. The first-order chi connectivity index (χ1) is 16.1. The number of rotatable bonds is 12. The van der Waals surface area contributed by atoms with Crippen molar-refractivity contribution in [3.05, 3.63) is 71.3 Å². The van der Waals surface area contributed by atoms with Gasteiger partial charge in [0.05, 0.1) is 6.61 Å². The lowest BCUT2D eigenvalue weighted by Crippen LogP contribution is -2.42. The lowest BCUT2D eigenvalue weighted by atomic mass is 10.0. The summed E-state index contributed by atoms with van der Waals surface area (Å²) in [6.45, 7) is 5.93. The highest BCUT2D eigenvalue weighted by Gasteiger charge is 2.36. The fraction of sp³-hybridized carbons (Fsp3) is 0.385. The van der Waals surface area contributed by atoms with E-state index in [1.165, 1.54) is 6.08 Å². The summed E-state index contributed by atoms with van der Waals surface area (Å²) in [5, 5.41) is 0. The molecule has 184 valence electrons. The molecule has 0 radical (unpaired) electrons. The minimum atomic E-state index is -2.59. The Morgan fingerprint density at radius 3 is 1.88 bits per heavy atom. The van der Waals surface area contributed by atoms with Crippen LogP contribution in [0, 0.1) is 0 Å². The molecule has 0 spiro atoms. The third kappa shape index (κ3) is 8.53. The minimum absolute atomic E-state index is 0.0923. The molecular weight excluding hydrogens is 452 g/mol. The molecule has 7 nitrogen and oxygen atoms in total. The van der Waals surface area contributed by atoms with Gasteiger partial charge < -0.3 is 22.8 Å². The summed E-state index contributed by atoms with van der Waals surface area (Å²) in [6, 6.07) is 14.7. The monoisotopic (exact) mass is 486 g/mol. The van der Waals surface area contributed by atoms with Crippen molar-refractivity contribution in [2.24, 2.45) is 0 Å². The Morgan fingerprint density at radius 2 is 1.38 bits per heavy atom. The van der Waals surface area contributed by atoms with E-state index in [0.29, 0.717) is 29.5 Å². The quantitative estimate of drug-likeness (QED) is 0.138. The van der Waals surface area contributed by atoms with Crippen LogP contribution in [0.4, 0.5) is 0 Å². The summed E-state index contributed by atoms with van der Waals surface area (Å²) in [5.74, 6) is 0.177. The molecule has 0 aliphatic carbocycles. The van der Waals surface area contributed by atoms with E-state index in [1.54, 1.807) is 75.9 Å². The molecule has 0 bridgehead atoms. The van der Waals surface area contributed by atoms with Gasteiger partial charge in [-0.2, -0.15) is 0 Å². The largest absolute Gasteiger partial charge is 0.500 e. The topological polar surface area (TPSA) is 80.3 Å². The van der Waals surface area contributed by atoms with Crippen LogP contribution >= 0.6 is 0 Å². The molecule has 0 unspecified atom stereocenters. The Kier molecular flexibility index (Phi) is 10.2. The lowest BCUT2D eigenvalue weighted by Gasteiger charge is -2.24. The van der Waals surface area contributed by atoms with Crippen LogP contribution in [0.25, 0.3) is 6.08 Å². The third-order valence-electron chi connectivity index (χ3n) is 4.94. The van der Waals surface area contributed by atoms with Gasteiger partial charge in [0.25, 0.3) is 0 Å². The zero-order valence-electron chi connectivity index (χ0n) is 20.8. The van der Waals surface area contributed by atoms with Crippen LogP contribution in [0.5, 0.6) is 5.75 Å². The summed E-state index contributed by atoms with van der Waals surface area (Å²) >= 11 is 0. The van der Waals surface area contributed by atoms with Crippen molar-refractivity contribution in [1.29, 1.82) is 0 Å². The van der Waals surface area contributed by atoms with Crippen LogP contribution in [0.15, 0.2) is 54.6 Å². The van der Waals surface area contributed by atoms with Gasteiger partial charge in [-0.1, -0.05) is 24.3 Å². The zero-order valence-corrected chi connectivity index (χ0v) is 21.8. The number of ketones is 1. The fourth-order valence-electron chi connectivity index (χ4n) is 3.15. The maximum atomic E-state index is 12.8. The second-order valence-electron chi connectivity index (χ2n) is 8.59. The zero-order chi connectivity index (χ0) is 25.2. The summed E-state index contributed by atoms with van der Waals surface area (Å²) in [5.41, 5.74) is 1.38. The van der Waals surface area contributed by atoms with Gasteiger partial charge in [-0.3, -0.25) is 4.79 Å². The number of ether oxygens (including phenoxy) is 2. The molecule has 8 heteroatoms. The first-order valence-electron chi connectivity index (χ1n) is 11.1. The summed E-state index contributed by atoms with van der Waals surface area (Å²) in [7, 11) is 2.17. The van der Waals surface area contributed by atoms with Crippen LogP contribution in [0.3, 0.4) is 0 Å². The second-order valence-corrected chi connectivity index (χ2v) is 11.7. The highest BCUT2D eigenvalue weighted by Crippen LogP contribution is 2.19. The van der Waals surface area contributed by atoms with Crippen molar-refractivity contribution in [1.82, 2.24) is 0 Å². The van der Waals surface area contributed by atoms with Crippen LogP contribution in [0.2, 0.25) is 6.04 Å². The molecule has 34 heavy (non-hydrogen) atoms. The van der Waals surface area contributed by atoms with Gasteiger partial charge in [-0.25, -0.2) is 4.79 Å². The number of benzene rings is 2. The first kappa shape index (κ1) is 27.5. The van der Waals surface area contributed by atoms with Crippen LogP contribution in [-0.2, 0) is 22.8 Å². The first-order valence-corrected chi connectivity index (χ1v) is 13.0. The van der Waals surface area contributed by atoms with Gasteiger partial charge in [0.2, 0.25) is 0 Å². The van der Waals surface area contributed by atoms with E-state index >= 15 is 0 Å².